The highest BCUT2D eigenvalue weighted by atomic mass is 32.1. The quantitative estimate of drug-likeness (QED) is 0.168. The number of fused-ring (bicyclic) bond motifs is 9. The van der Waals surface area contributed by atoms with Crippen LogP contribution in [0.25, 0.3) is 91.9 Å². The van der Waals surface area contributed by atoms with Gasteiger partial charge in [0.25, 0.3) is 0 Å². The molecule has 0 spiro atoms. The number of benzene rings is 9. The molecule has 0 N–H and O–H groups in total. The molecule has 4 heteroatoms. The first-order valence-corrected chi connectivity index (χ1v) is 20.5. The predicted molar refractivity (Wildman–Crippen MR) is 247 cm³/mol. The highest BCUT2D eigenvalue weighted by molar-refractivity contribution is 7.25. The molecule has 0 fully saturated rings. The summed E-state index contributed by atoms with van der Waals surface area (Å²) in [6.07, 6.45) is 0. The lowest BCUT2D eigenvalue weighted by Gasteiger charge is -2.26. The molecule has 0 atom stereocenters. The molecule has 0 unspecified atom stereocenters. The maximum Gasteiger partial charge on any atom is 0.137 e. The summed E-state index contributed by atoms with van der Waals surface area (Å²) in [6, 6.07) is 74.5. The van der Waals surface area contributed by atoms with Crippen molar-refractivity contribution in [3.63, 3.8) is 0 Å². The fraction of sp³-hybridized carbons (Fsp3) is 0. The Morgan fingerprint density at radius 1 is 0.345 bits per heavy atom. The van der Waals surface area contributed by atoms with Crippen LogP contribution in [0.3, 0.4) is 0 Å². The third kappa shape index (κ3) is 5.27. The second-order valence-electron chi connectivity index (χ2n) is 14.9. The third-order valence-electron chi connectivity index (χ3n) is 11.6. The van der Waals surface area contributed by atoms with Gasteiger partial charge in [0.1, 0.15) is 11.2 Å². The van der Waals surface area contributed by atoms with E-state index in [9.17, 15) is 0 Å². The summed E-state index contributed by atoms with van der Waals surface area (Å²) in [5.74, 6) is 0. The van der Waals surface area contributed by atoms with Gasteiger partial charge in [0.2, 0.25) is 0 Å². The summed E-state index contributed by atoms with van der Waals surface area (Å²) in [6.45, 7) is 0. The zero-order valence-corrected chi connectivity index (χ0v) is 32.2. The number of aromatic nitrogens is 1. The zero-order valence-electron chi connectivity index (χ0n) is 31.3. The Morgan fingerprint density at radius 3 is 1.72 bits per heavy atom. The van der Waals surface area contributed by atoms with E-state index in [1.807, 2.05) is 23.5 Å². The van der Waals surface area contributed by atoms with Crippen molar-refractivity contribution in [2.45, 2.75) is 0 Å². The highest BCUT2D eigenvalue weighted by Gasteiger charge is 2.18. The summed E-state index contributed by atoms with van der Waals surface area (Å²) in [7, 11) is 0. The predicted octanol–water partition coefficient (Wildman–Crippen LogP) is 15.9. The van der Waals surface area contributed by atoms with E-state index in [-0.39, 0.29) is 0 Å². The number of hydrogen-bond donors (Lipinski definition) is 0. The Bertz CT molecular complexity index is 3500. The molecule has 3 nitrogen and oxygen atoms in total. The lowest BCUT2D eigenvalue weighted by molar-refractivity contribution is 0.668. The second-order valence-corrected chi connectivity index (χ2v) is 16.0. The summed E-state index contributed by atoms with van der Waals surface area (Å²) in [5, 5.41) is 7.33. The number of para-hydroxylation sites is 2. The average Bonchev–Trinajstić information content (AvgIpc) is 3.96. The molecule has 0 aliphatic rings. The molecule has 3 heterocycles. The minimum Gasteiger partial charge on any atom is -0.456 e. The molecule has 272 valence electrons. The molecule has 0 amide bonds. The Balaban J connectivity index is 0.946. The molecule has 0 bridgehead atoms. The SMILES string of the molecule is c1ccc(-c2ccc(N(c3ccc(-c4ccc5c(c4)c4ccccc4n5-c4ccc5c(c4)oc4ccccc45)cc3)c3ccc4c(c3)sc3ccccc34)cc2)cc1. The van der Waals surface area contributed by atoms with Crippen molar-refractivity contribution in [2.24, 2.45) is 0 Å². The minimum absolute atomic E-state index is 0.895. The van der Waals surface area contributed by atoms with Gasteiger partial charge >= 0.3 is 0 Å². The summed E-state index contributed by atoms with van der Waals surface area (Å²) in [5.41, 5.74) is 13.3. The smallest absolute Gasteiger partial charge is 0.137 e. The van der Waals surface area contributed by atoms with Crippen LogP contribution in [0.2, 0.25) is 0 Å². The molecule has 0 aliphatic heterocycles. The lowest BCUT2D eigenvalue weighted by atomic mass is 10.0. The van der Waals surface area contributed by atoms with E-state index in [0.717, 1.165) is 44.7 Å². The van der Waals surface area contributed by atoms with Gasteiger partial charge in [-0.25, -0.2) is 0 Å². The highest BCUT2D eigenvalue weighted by Crippen LogP contribution is 2.42. The topological polar surface area (TPSA) is 21.3 Å². The molecular weight excluding hydrogens is 725 g/mol. The normalized spacial score (nSPS) is 11.8. The largest absolute Gasteiger partial charge is 0.456 e. The van der Waals surface area contributed by atoms with Crippen molar-refractivity contribution >= 4 is 92.3 Å². The molecular formula is C54H34N2OS. The molecule has 0 saturated heterocycles. The zero-order chi connectivity index (χ0) is 38.2. The van der Waals surface area contributed by atoms with Crippen LogP contribution in [-0.2, 0) is 0 Å². The maximum absolute atomic E-state index is 6.31. The van der Waals surface area contributed by atoms with Crippen LogP contribution in [-0.4, -0.2) is 4.57 Å². The number of furan rings is 1. The monoisotopic (exact) mass is 758 g/mol. The summed E-state index contributed by atoms with van der Waals surface area (Å²) < 4.78 is 11.3. The second kappa shape index (κ2) is 13.1. The van der Waals surface area contributed by atoms with Crippen LogP contribution in [0.1, 0.15) is 0 Å². The van der Waals surface area contributed by atoms with Crippen LogP contribution < -0.4 is 4.90 Å². The van der Waals surface area contributed by atoms with Crippen molar-refractivity contribution in [2.75, 3.05) is 4.90 Å². The van der Waals surface area contributed by atoms with E-state index in [1.54, 1.807) is 0 Å². The third-order valence-corrected chi connectivity index (χ3v) is 12.7. The molecule has 3 aromatic heterocycles. The molecule has 9 aromatic carbocycles. The van der Waals surface area contributed by atoms with Gasteiger partial charge in [0, 0.05) is 70.5 Å². The standard InChI is InChI=1S/C54H34N2OS/c1-2-10-35(11-3-1)36-18-23-39(24-19-36)55(42-28-30-47-46-14-6-9-17-53(46)58-54(47)34-42)40-25-20-37(21-26-40)38-22-31-50-48(32-38)43-12-4-7-15-49(43)56(50)41-27-29-45-44-13-5-8-16-51(44)57-52(45)33-41/h1-34H. The first-order valence-electron chi connectivity index (χ1n) is 19.7. The Labute approximate surface area is 338 Å². The van der Waals surface area contributed by atoms with E-state index in [0.29, 0.717) is 0 Å². The van der Waals surface area contributed by atoms with Crippen LogP contribution in [0.4, 0.5) is 17.1 Å². The summed E-state index contributed by atoms with van der Waals surface area (Å²) in [4.78, 5) is 2.37. The average molecular weight is 759 g/mol. The lowest BCUT2D eigenvalue weighted by Crippen LogP contribution is -2.09. The fourth-order valence-corrected chi connectivity index (χ4v) is 9.96. The van der Waals surface area contributed by atoms with Crippen molar-refractivity contribution in [3.8, 4) is 27.9 Å². The van der Waals surface area contributed by atoms with Gasteiger partial charge < -0.3 is 13.9 Å². The number of thiophene rings is 1. The van der Waals surface area contributed by atoms with Crippen LogP contribution in [0, 0.1) is 0 Å². The van der Waals surface area contributed by atoms with E-state index >= 15 is 0 Å². The van der Waals surface area contributed by atoms with Crippen molar-refractivity contribution in [1.29, 1.82) is 0 Å². The fourth-order valence-electron chi connectivity index (χ4n) is 8.82. The Hall–Kier alpha value is -7.40. The van der Waals surface area contributed by atoms with E-state index < -0.39 is 0 Å². The van der Waals surface area contributed by atoms with Gasteiger partial charge in [0.05, 0.1) is 11.0 Å². The van der Waals surface area contributed by atoms with Gasteiger partial charge in [-0.15, -0.1) is 11.3 Å². The Kier molecular flexibility index (Phi) is 7.40. The first kappa shape index (κ1) is 32.8. The molecule has 12 aromatic rings. The van der Waals surface area contributed by atoms with E-state index in [2.05, 4.69) is 204 Å². The van der Waals surface area contributed by atoms with Crippen molar-refractivity contribution < 1.29 is 4.42 Å². The van der Waals surface area contributed by atoms with Gasteiger partial charge in [-0.3, -0.25) is 0 Å². The maximum atomic E-state index is 6.31. The van der Waals surface area contributed by atoms with E-state index in [4.69, 9.17) is 4.42 Å². The van der Waals surface area contributed by atoms with Crippen molar-refractivity contribution in [3.05, 3.63) is 206 Å². The molecule has 0 saturated carbocycles. The van der Waals surface area contributed by atoms with Gasteiger partial charge in [0.15, 0.2) is 0 Å². The minimum atomic E-state index is 0.895. The number of hydrogen-bond acceptors (Lipinski definition) is 3. The van der Waals surface area contributed by atoms with Crippen molar-refractivity contribution in [1.82, 2.24) is 4.57 Å². The molecule has 0 radical (unpaired) electrons. The first-order chi connectivity index (χ1) is 28.7. The van der Waals surface area contributed by atoms with Gasteiger partial charge in [-0.2, -0.15) is 0 Å². The van der Waals surface area contributed by atoms with Gasteiger partial charge in [-0.1, -0.05) is 121 Å². The van der Waals surface area contributed by atoms with Crippen LogP contribution in [0.15, 0.2) is 211 Å². The van der Waals surface area contributed by atoms with Crippen LogP contribution >= 0.6 is 11.3 Å². The molecule has 12 rings (SSSR count). The number of nitrogens with zero attached hydrogens (tertiary/aromatic N) is 2. The molecule has 0 aliphatic carbocycles. The Morgan fingerprint density at radius 2 is 0.914 bits per heavy atom. The van der Waals surface area contributed by atoms with Gasteiger partial charge in [-0.05, 0) is 101 Å². The number of rotatable bonds is 6. The van der Waals surface area contributed by atoms with E-state index in [1.165, 1.54) is 64.2 Å². The molecule has 58 heavy (non-hydrogen) atoms. The van der Waals surface area contributed by atoms with Crippen LogP contribution in [0.5, 0.6) is 0 Å². The number of anilines is 3. The summed E-state index contributed by atoms with van der Waals surface area (Å²) >= 11 is 1.85.